The summed E-state index contributed by atoms with van der Waals surface area (Å²) >= 11 is 1.47. The van der Waals surface area contributed by atoms with E-state index in [-0.39, 0.29) is 5.43 Å². The summed E-state index contributed by atoms with van der Waals surface area (Å²) in [5.41, 5.74) is 3.16. The second-order valence-corrected chi connectivity index (χ2v) is 6.90. The molecule has 0 bridgehead atoms. The van der Waals surface area contributed by atoms with E-state index in [0.717, 1.165) is 10.6 Å². The van der Waals surface area contributed by atoms with Gasteiger partial charge in [-0.2, -0.15) is 0 Å². The van der Waals surface area contributed by atoms with Crippen LogP contribution < -0.4 is 5.43 Å². The third kappa shape index (κ3) is 3.04. The van der Waals surface area contributed by atoms with Gasteiger partial charge in [-0.25, -0.2) is 9.78 Å². The Kier molecular flexibility index (Phi) is 4.33. The highest BCUT2D eigenvalue weighted by Crippen LogP contribution is 2.28. The zero-order valence-corrected chi connectivity index (χ0v) is 15.5. The van der Waals surface area contributed by atoms with Crippen molar-refractivity contribution in [3.63, 3.8) is 0 Å². The normalized spacial score (nSPS) is 10.9. The number of carbonyl (C=O) groups excluding carboxylic acids is 1. The molecule has 6 heteroatoms. The molecule has 0 saturated carbocycles. The minimum absolute atomic E-state index is 0.180. The Morgan fingerprint density at radius 1 is 1.19 bits per heavy atom. The van der Waals surface area contributed by atoms with Gasteiger partial charge in [-0.3, -0.25) is 4.79 Å². The number of aryl methyl sites for hydroxylation is 1. The van der Waals surface area contributed by atoms with E-state index < -0.39 is 5.97 Å². The van der Waals surface area contributed by atoms with Gasteiger partial charge in [0.15, 0.2) is 0 Å². The number of ether oxygens (including phenoxy) is 1. The lowest BCUT2D eigenvalue weighted by Crippen LogP contribution is -2.08. The summed E-state index contributed by atoms with van der Waals surface area (Å²) in [5, 5.41) is 3.09. The van der Waals surface area contributed by atoms with Crippen LogP contribution in [0.15, 0.2) is 63.3 Å². The third-order valence-corrected chi connectivity index (χ3v) is 5.22. The fourth-order valence-corrected chi connectivity index (χ4v) is 3.73. The molecule has 5 nitrogen and oxygen atoms in total. The minimum atomic E-state index is -0.465. The summed E-state index contributed by atoms with van der Waals surface area (Å²) in [4.78, 5) is 29.4. The third-order valence-electron chi connectivity index (χ3n) is 4.33. The van der Waals surface area contributed by atoms with Crippen molar-refractivity contribution in [1.82, 2.24) is 4.98 Å². The van der Waals surface area contributed by atoms with Gasteiger partial charge >= 0.3 is 5.97 Å². The number of rotatable bonds is 3. The first-order chi connectivity index (χ1) is 13.1. The highest BCUT2D eigenvalue weighted by Gasteiger charge is 2.17. The van der Waals surface area contributed by atoms with E-state index in [0.29, 0.717) is 33.4 Å². The summed E-state index contributed by atoms with van der Waals surface area (Å²) in [5.74, 6) is -0.465. The predicted molar refractivity (Wildman–Crippen MR) is 105 cm³/mol. The van der Waals surface area contributed by atoms with Crippen LogP contribution in [-0.4, -0.2) is 18.1 Å². The summed E-state index contributed by atoms with van der Waals surface area (Å²) in [6.45, 7) is 1.76. The van der Waals surface area contributed by atoms with E-state index in [9.17, 15) is 9.59 Å². The average molecular weight is 377 g/mol. The molecular weight excluding hydrogens is 362 g/mol. The molecule has 134 valence electrons. The quantitative estimate of drug-likeness (QED) is 0.485. The van der Waals surface area contributed by atoms with Crippen molar-refractivity contribution >= 4 is 28.3 Å². The maximum atomic E-state index is 13.0. The number of benzene rings is 2. The number of thiazole rings is 1. The number of aromatic nitrogens is 1. The van der Waals surface area contributed by atoms with E-state index in [1.54, 1.807) is 13.0 Å². The van der Waals surface area contributed by atoms with Crippen LogP contribution in [0, 0.1) is 6.92 Å². The molecule has 4 aromatic rings. The van der Waals surface area contributed by atoms with Gasteiger partial charge in [-0.05, 0) is 24.6 Å². The molecule has 0 unspecified atom stereocenters. The van der Waals surface area contributed by atoms with Gasteiger partial charge in [0, 0.05) is 10.9 Å². The van der Waals surface area contributed by atoms with Gasteiger partial charge < -0.3 is 9.15 Å². The fourth-order valence-electron chi connectivity index (χ4n) is 2.90. The van der Waals surface area contributed by atoms with Crippen LogP contribution in [-0.2, 0) is 4.74 Å². The average Bonchev–Trinajstić information content (AvgIpc) is 3.18. The van der Waals surface area contributed by atoms with Crippen molar-refractivity contribution in [3.05, 3.63) is 75.5 Å². The van der Waals surface area contributed by atoms with Gasteiger partial charge in [0.05, 0.1) is 29.3 Å². The molecule has 0 fully saturated rings. The molecule has 2 heterocycles. The number of esters is 1. The molecule has 0 N–H and O–H groups in total. The van der Waals surface area contributed by atoms with E-state index >= 15 is 0 Å². The lowest BCUT2D eigenvalue weighted by atomic mass is 10.0. The molecule has 4 rings (SSSR count). The van der Waals surface area contributed by atoms with E-state index in [1.807, 2.05) is 35.7 Å². The largest absolute Gasteiger partial charge is 0.465 e. The summed E-state index contributed by atoms with van der Waals surface area (Å²) < 4.78 is 10.4. The highest BCUT2D eigenvalue weighted by atomic mass is 32.1. The minimum Gasteiger partial charge on any atom is -0.465 e. The Morgan fingerprint density at radius 2 is 1.96 bits per heavy atom. The molecule has 0 aliphatic carbocycles. The lowest BCUT2D eigenvalue weighted by molar-refractivity contribution is 0.0600. The first-order valence-electron chi connectivity index (χ1n) is 8.24. The van der Waals surface area contributed by atoms with Crippen LogP contribution in [0.5, 0.6) is 0 Å². The van der Waals surface area contributed by atoms with Crippen molar-refractivity contribution in [2.75, 3.05) is 7.11 Å². The van der Waals surface area contributed by atoms with Crippen LogP contribution >= 0.6 is 11.3 Å². The van der Waals surface area contributed by atoms with Gasteiger partial charge in [-0.1, -0.05) is 30.3 Å². The Bertz CT molecular complexity index is 1210. The molecule has 0 spiro atoms. The molecule has 0 atom stereocenters. The first kappa shape index (κ1) is 17.2. The van der Waals surface area contributed by atoms with Crippen molar-refractivity contribution < 1.29 is 13.9 Å². The maximum Gasteiger partial charge on any atom is 0.338 e. The van der Waals surface area contributed by atoms with E-state index in [1.165, 1.54) is 30.8 Å². The molecule has 0 saturated heterocycles. The smallest absolute Gasteiger partial charge is 0.338 e. The van der Waals surface area contributed by atoms with Crippen LogP contribution in [0.1, 0.15) is 15.9 Å². The zero-order chi connectivity index (χ0) is 19.0. The second-order valence-electron chi connectivity index (χ2n) is 6.04. The molecular formula is C21H15NO4S. The van der Waals surface area contributed by atoms with Crippen LogP contribution in [0.3, 0.4) is 0 Å². The maximum absolute atomic E-state index is 13.0. The Morgan fingerprint density at radius 3 is 2.70 bits per heavy atom. The number of methoxy groups -OCH3 is 1. The Hall–Kier alpha value is -3.25. The predicted octanol–water partition coefficient (Wildman–Crippen LogP) is 4.68. The van der Waals surface area contributed by atoms with E-state index in [4.69, 9.17) is 9.15 Å². The number of fused-ring (bicyclic) bond motifs is 1. The zero-order valence-electron chi connectivity index (χ0n) is 14.7. The highest BCUT2D eigenvalue weighted by molar-refractivity contribution is 7.13. The van der Waals surface area contributed by atoms with Gasteiger partial charge in [0.2, 0.25) is 5.43 Å². The lowest BCUT2D eigenvalue weighted by Gasteiger charge is -2.06. The Balaban J connectivity index is 1.82. The first-order valence-corrected chi connectivity index (χ1v) is 9.12. The van der Waals surface area contributed by atoms with Crippen LogP contribution in [0.25, 0.3) is 32.8 Å². The summed E-state index contributed by atoms with van der Waals surface area (Å²) in [6.07, 6.45) is 1.39. The van der Waals surface area contributed by atoms with E-state index in [2.05, 4.69) is 4.98 Å². The molecule has 0 amide bonds. The Labute approximate surface area is 158 Å². The molecule has 27 heavy (non-hydrogen) atoms. The van der Waals surface area contributed by atoms with Gasteiger partial charge in [-0.15, -0.1) is 11.3 Å². The van der Waals surface area contributed by atoms with Crippen molar-refractivity contribution in [3.8, 4) is 21.8 Å². The SMILES string of the molecule is COC(=O)c1cc2occ(-c3csc(-c4ccccc4)n3)c(=O)c2cc1C. The fraction of sp³-hybridized carbons (Fsp3) is 0.0952. The molecule has 2 aromatic carbocycles. The summed E-state index contributed by atoms with van der Waals surface area (Å²) in [6, 6.07) is 13.0. The van der Waals surface area contributed by atoms with Crippen LogP contribution in [0.4, 0.5) is 0 Å². The van der Waals surface area contributed by atoms with Crippen molar-refractivity contribution in [1.29, 1.82) is 0 Å². The molecule has 0 radical (unpaired) electrons. The standard InChI is InChI=1S/C21H15NO4S/c1-12-8-15-18(9-14(12)21(24)25-2)26-10-16(19(15)23)17-11-27-20(22-17)13-6-4-3-5-7-13/h3-11H,1-2H3. The number of nitrogens with zero attached hydrogens (tertiary/aromatic N) is 1. The molecule has 0 aliphatic heterocycles. The number of carbonyl (C=O) groups is 1. The van der Waals surface area contributed by atoms with Gasteiger partial charge in [0.25, 0.3) is 0 Å². The van der Waals surface area contributed by atoms with Crippen LogP contribution in [0.2, 0.25) is 0 Å². The monoisotopic (exact) mass is 377 g/mol. The number of hydrogen-bond acceptors (Lipinski definition) is 6. The number of hydrogen-bond donors (Lipinski definition) is 0. The topological polar surface area (TPSA) is 69.4 Å². The molecule has 2 aromatic heterocycles. The van der Waals surface area contributed by atoms with Crippen molar-refractivity contribution in [2.24, 2.45) is 0 Å². The summed E-state index contributed by atoms with van der Waals surface area (Å²) in [7, 11) is 1.32. The molecule has 0 aliphatic rings. The van der Waals surface area contributed by atoms with Gasteiger partial charge in [0.1, 0.15) is 16.9 Å². The second kappa shape index (κ2) is 6.81. The van der Waals surface area contributed by atoms with Crippen molar-refractivity contribution in [2.45, 2.75) is 6.92 Å².